The number of likely N-dealkylation sites (tertiary alicyclic amines) is 1. The normalized spacial score (nSPS) is 30.6. The molecular weight excluding hydrogens is 310 g/mol. The zero-order valence-corrected chi connectivity index (χ0v) is 14.5. The number of hydrogen-bond acceptors (Lipinski definition) is 5. The first-order valence-corrected chi connectivity index (χ1v) is 9.59. The second kappa shape index (κ2) is 6.49. The lowest BCUT2D eigenvalue weighted by molar-refractivity contribution is -0.123. The maximum Gasteiger partial charge on any atom is 0.222 e. The highest BCUT2D eigenvalue weighted by atomic mass is 32.1. The van der Waals surface area contributed by atoms with Crippen LogP contribution in [0.4, 0.5) is 0 Å². The first-order valence-electron chi connectivity index (χ1n) is 8.71. The third kappa shape index (κ3) is 3.75. The van der Waals surface area contributed by atoms with E-state index in [2.05, 4.69) is 22.1 Å². The molecule has 3 aliphatic rings. The summed E-state index contributed by atoms with van der Waals surface area (Å²) in [7, 11) is 0. The number of nitrogens with one attached hydrogen (secondary N) is 1. The van der Waals surface area contributed by atoms with Gasteiger partial charge in [-0.2, -0.15) is 0 Å². The van der Waals surface area contributed by atoms with Crippen LogP contribution in [-0.2, 0) is 16.1 Å². The highest BCUT2D eigenvalue weighted by Gasteiger charge is 2.42. The number of hydrogen-bond donors (Lipinski definition) is 1. The van der Waals surface area contributed by atoms with Crippen LogP contribution < -0.4 is 5.32 Å². The second-order valence-electron chi connectivity index (χ2n) is 7.30. The zero-order chi connectivity index (χ0) is 15.8. The van der Waals surface area contributed by atoms with E-state index < -0.39 is 0 Å². The van der Waals surface area contributed by atoms with Crippen LogP contribution in [0.15, 0.2) is 5.51 Å². The van der Waals surface area contributed by atoms with Crippen molar-refractivity contribution >= 4 is 17.2 Å². The van der Waals surface area contributed by atoms with Crippen LogP contribution in [0.2, 0.25) is 0 Å². The molecule has 5 nitrogen and oxygen atoms in total. The van der Waals surface area contributed by atoms with E-state index in [1.54, 1.807) is 11.3 Å². The van der Waals surface area contributed by atoms with Gasteiger partial charge in [-0.15, -0.1) is 11.3 Å². The average Bonchev–Trinajstić information content (AvgIpc) is 3.00. The third-order valence-corrected chi connectivity index (χ3v) is 6.22. The van der Waals surface area contributed by atoms with Crippen LogP contribution in [0.1, 0.15) is 36.3 Å². The molecule has 0 bridgehead atoms. The summed E-state index contributed by atoms with van der Waals surface area (Å²) in [5.74, 6) is 1.50. The van der Waals surface area contributed by atoms with Gasteiger partial charge in [-0.3, -0.25) is 9.69 Å². The van der Waals surface area contributed by atoms with Crippen LogP contribution in [0.25, 0.3) is 0 Å². The molecule has 2 aliphatic heterocycles. The summed E-state index contributed by atoms with van der Waals surface area (Å²) >= 11 is 1.74. The van der Waals surface area contributed by atoms with Crippen molar-refractivity contribution < 1.29 is 9.53 Å². The topological polar surface area (TPSA) is 54.5 Å². The molecule has 126 valence electrons. The SMILES string of the molecule is Cc1ncsc1CN1C[C@@H]2C[C@@H](CC(=O)NCC3CC3)O[C@@H]2C1. The Morgan fingerprint density at radius 3 is 3.04 bits per heavy atom. The van der Waals surface area contributed by atoms with Gasteiger partial charge in [0, 0.05) is 37.0 Å². The van der Waals surface area contributed by atoms with Crippen LogP contribution in [0.5, 0.6) is 0 Å². The average molecular weight is 335 g/mol. The lowest BCUT2D eigenvalue weighted by Crippen LogP contribution is -2.30. The number of aryl methyl sites for hydroxylation is 1. The van der Waals surface area contributed by atoms with Crippen LogP contribution in [0.3, 0.4) is 0 Å². The van der Waals surface area contributed by atoms with E-state index in [-0.39, 0.29) is 12.0 Å². The predicted octanol–water partition coefficient (Wildman–Crippen LogP) is 1.96. The largest absolute Gasteiger partial charge is 0.373 e. The summed E-state index contributed by atoms with van der Waals surface area (Å²) in [4.78, 5) is 20.1. The van der Waals surface area contributed by atoms with Crippen molar-refractivity contribution in [3.8, 4) is 0 Å². The minimum absolute atomic E-state index is 0.122. The highest BCUT2D eigenvalue weighted by Crippen LogP contribution is 2.35. The lowest BCUT2D eigenvalue weighted by atomic mass is 10.0. The Hall–Kier alpha value is -0.980. The Kier molecular flexibility index (Phi) is 4.39. The number of fused-ring (bicyclic) bond motifs is 1. The van der Waals surface area contributed by atoms with Gasteiger partial charge in [0.2, 0.25) is 5.91 Å². The first kappa shape index (κ1) is 15.5. The predicted molar refractivity (Wildman–Crippen MR) is 89.2 cm³/mol. The minimum atomic E-state index is 0.122. The third-order valence-electron chi connectivity index (χ3n) is 5.30. The van der Waals surface area contributed by atoms with Crippen molar-refractivity contribution in [3.63, 3.8) is 0 Å². The van der Waals surface area contributed by atoms with Crippen molar-refractivity contribution in [1.82, 2.24) is 15.2 Å². The number of aromatic nitrogens is 1. The van der Waals surface area contributed by atoms with Crippen LogP contribution in [-0.4, -0.2) is 47.6 Å². The van der Waals surface area contributed by atoms with E-state index in [9.17, 15) is 4.79 Å². The molecule has 1 aromatic heterocycles. The van der Waals surface area contributed by atoms with Gasteiger partial charge in [0.25, 0.3) is 0 Å². The van der Waals surface area contributed by atoms with E-state index in [1.165, 1.54) is 17.7 Å². The molecule has 0 unspecified atom stereocenters. The maximum atomic E-state index is 12.0. The van der Waals surface area contributed by atoms with Gasteiger partial charge in [0.05, 0.1) is 29.8 Å². The van der Waals surface area contributed by atoms with Crippen molar-refractivity contribution in [3.05, 3.63) is 16.1 Å². The monoisotopic (exact) mass is 335 g/mol. The molecule has 0 spiro atoms. The summed E-state index contributed by atoms with van der Waals surface area (Å²) in [5, 5.41) is 3.05. The standard InChI is InChI=1S/C17H25N3O2S/c1-11-16(23-10-19-11)9-20-7-13-4-14(22-15(13)8-20)5-17(21)18-6-12-2-3-12/h10,12-15H,2-9H2,1H3,(H,18,21)/t13-,14-,15+/m0/s1. The number of amides is 1. The number of carbonyl (C=O) groups excluding carboxylic acids is 1. The zero-order valence-electron chi connectivity index (χ0n) is 13.7. The summed E-state index contributed by atoms with van der Waals surface area (Å²) in [6, 6.07) is 0. The second-order valence-corrected chi connectivity index (χ2v) is 8.24. The number of ether oxygens (including phenoxy) is 1. The minimum Gasteiger partial charge on any atom is -0.373 e. The Morgan fingerprint density at radius 1 is 1.48 bits per heavy atom. The Balaban J connectivity index is 1.22. The fourth-order valence-corrected chi connectivity index (χ4v) is 4.57. The van der Waals surface area contributed by atoms with Crippen molar-refractivity contribution in [2.24, 2.45) is 11.8 Å². The summed E-state index contributed by atoms with van der Waals surface area (Å²) in [6.45, 7) is 6.00. The number of thiazole rings is 1. The molecule has 0 radical (unpaired) electrons. The quantitative estimate of drug-likeness (QED) is 0.863. The molecule has 3 fully saturated rings. The van der Waals surface area contributed by atoms with Crippen LogP contribution >= 0.6 is 11.3 Å². The molecule has 3 atom stereocenters. The van der Waals surface area contributed by atoms with Crippen molar-refractivity contribution in [1.29, 1.82) is 0 Å². The molecule has 4 rings (SSSR count). The molecular formula is C17H25N3O2S. The molecule has 1 amide bonds. The van der Waals surface area contributed by atoms with Gasteiger partial charge >= 0.3 is 0 Å². The van der Waals surface area contributed by atoms with Gasteiger partial charge in [-0.05, 0) is 32.1 Å². The fraction of sp³-hybridized carbons (Fsp3) is 0.765. The fourth-order valence-electron chi connectivity index (χ4n) is 3.75. The molecule has 1 saturated carbocycles. The molecule has 1 aliphatic carbocycles. The maximum absolute atomic E-state index is 12.0. The van der Waals surface area contributed by atoms with Crippen molar-refractivity contribution in [2.45, 2.75) is 51.4 Å². The summed E-state index contributed by atoms with van der Waals surface area (Å²) in [6.07, 6.45) is 4.55. The van der Waals surface area contributed by atoms with E-state index in [0.717, 1.165) is 44.2 Å². The Bertz CT molecular complexity index is 558. The lowest BCUT2D eigenvalue weighted by Gasteiger charge is -2.18. The van der Waals surface area contributed by atoms with Gasteiger partial charge in [0.15, 0.2) is 0 Å². The molecule has 2 saturated heterocycles. The van der Waals surface area contributed by atoms with Crippen molar-refractivity contribution in [2.75, 3.05) is 19.6 Å². The van der Waals surface area contributed by atoms with E-state index >= 15 is 0 Å². The first-order chi connectivity index (χ1) is 11.2. The van der Waals surface area contributed by atoms with E-state index in [1.807, 2.05) is 5.51 Å². The summed E-state index contributed by atoms with van der Waals surface area (Å²) in [5.41, 5.74) is 3.08. The summed E-state index contributed by atoms with van der Waals surface area (Å²) < 4.78 is 6.14. The number of carbonyl (C=O) groups is 1. The number of rotatable bonds is 6. The van der Waals surface area contributed by atoms with Crippen LogP contribution in [0, 0.1) is 18.8 Å². The molecule has 23 heavy (non-hydrogen) atoms. The molecule has 1 aromatic rings. The van der Waals surface area contributed by atoms with E-state index in [4.69, 9.17) is 4.74 Å². The molecule has 0 aromatic carbocycles. The van der Waals surface area contributed by atoms with Gasteiger partial charge in [-0.1, -0.05) is 0 Å². The van der Waals surface area contributed by atoms with Gasteiger partial charge in [0.1, 0.15) is 0 Å². The molecule has 3 heterocycles. The smallest absolute Gasteiger partial charge is 0.222 e. The Morgan fingerprint density at radius 2 is 2.35 bits per heavy atom. The highest BCUT2D eigenvalue weighted by molar-refractivity contribution is 7.09. The number of nitrogens with zero attached hydrogens (tertiary/aromatic N) is 2. The van der Waals surface area contributed by atoms with E-state index in [0.29, 0.717) is 18.4 Å². The molecule has 6 heteroatoms. The van der Waals surface area contributed by atoms with Gasteiger partial charge < -0.3 is 10.1 Å². The molecule has 1 N–H and O–H groups in total. The Labute approximate surface area is 141 Å². The van der Waals surface area contributed by atoms with Gasteiger partial charge in [-0.25, -0.2) is 4.98 Å².